The maximum Gasteiger partial charge on any atom is 0.257 e. The second kappa shape index (κ2) is 9.15. The molecule has 2 N–H and O–H groups in total. The Balaban J connectivity index is 1.60. The Kier molecular flexibility index (Phi) is 6.87. The molecule has 0 saturated carbocycles. The largest absolute Gasteiger partial charge is 0.481 e. The van der Waals surface area contributed by atoms with Gasteiger partial charge in [-0.3, -0.25) is 4.79 Å². The van der Waals surface area contributed by atoms with E-state index in [0.29, 0.717) is 11.0 Å². The molecule has 0 atom stereocenters. The summed E-state index contributed by atoms with van der Waals surface area (Å²) in [6.45, 7) is 1.09. The molecule has 1 amide bonds. The van der Waals surface area contributed by atoms with Gasteiger partial charge in [-0.2, -0.15) is 0 Å². The predicted molar refractivity (Wildman–Crippen MR) is 92.2 cm³/mol. The predicted octanol–water partition coefficient (Wildman–Crippen LogP) is 3.59. The third-order valence-electron chi connectivity index (χ3n) is 3.03. The molecular formula is C17H18BrFN2O2. The molecule has 122 valence electrons. The Morgan fingerprint density at radius 1 is 1.13 bits per heavy atom. The van der Waals surface area contributed by atoms with Crippen molar-refractivity contribution in [2.75, 3.05) is 25.0 Å². The molecule has 2 aromatic carbocycles. The quantitative estimate of drug-likeness (QED) is 0.688. The second-order valence-corrected chi connectivity index (χ2v) is 5.78. The molecule has 0 aliphatic heterocycles. The molecule has 0 aliphatic rings. The van der Waals surface area contributed by atoms with Crippen molar-refractivity contribution in [1.82, 2.24) is 5.32 Å². The van der Waals surface area contributed by atoms with E-state index in [1.54, 1.807) is 6.07 Å². The number of amides is 1. The van der Waals surface area contributed by atoms with E-state index < -0.39 is 5.82 Å². The van der Waals surface area contributed by atoms with Gasteiger partial charge in [0.05, 0.1) is 0 Å². The summed E-state index contributed by atoms with van der Waals surface area (Å²) in [6.07, 6.45) is 0.785. The van der Waals surface area contributed by atoms with Gasteiger partial charge in [0, 0.05) is 23.2 Å². The summed E-state index contributed by atoms with van der Waals surface area (Å²) in [5.74, 6) is -0.708. The normalized spacial score (nSPS) is 10.2. The van der Waals surface area contributed by atoms with E-state index in [1.165, 1.54) is 12.1 Å². The van der Waals surface area contributed by atoms with Crippen molar-refractivity contribution in [2.45, 2.75) is 6.42 Å². The van der Waals surface area contributed by atoms with Crippen LogP contribution < -0.4 is 15.4 Å². The number of carbonyl (C=O) groups is 1. The van der Waals surface area contributed by atoms with Crippen LogP contribution in [0.3, 0.4) is 0 Å². The minimum atomic E-state index is -0.501. The lowest BCUT2D eigenvalue weighted by molar-refractivity contribution is -0.123. The number of benzene rings is 2. The maximum absolute atomic E-state index is 13.5. The number of hydrogen-bond donors (Lipinski definition) is 2. The highest BCUT2D eigenvalue weighted by atomic mass is 79.9. The fraction of sp³-hybridized carbons (Fsp3) is 0.235. The summed E-state index contributed by atoms with van der Waals surface area (Å²) < 4.78 is 19.3. The van der Waals surface area contributed by atoms with Gasteiger partial charge < -0.3 is 15.4 Å². The van der Waals surface area contributed by atoms with Crippen LogP contribution in [0.15, 0.2) is 53.0 Å². The number of ether oxygens (including phenoxy) is 1. The van der Waals surface area contributed by atoms with Crippen LogP contribution in [-0.2, 0) is 4.79 Å². The fourth-order valence-corrected chi connectivity index (χ4v) is 2.22. The van der Waals surface area contributed by atoms with Gasteiger partial charge >= 0.3 is 0 Å². The third-order valence-corrected chi connectivity index (χ3v) is 3.52. The minimum Gasteiger partial charge on any atom is -0.481 e. The number of rotatable bonds is 8. The summed E-state index contributed by atoms with van der Waals surface area (Å²) in [6, 6.07) is 14.3. The van der Waals surface area contributed by atoms with Gasteiger partial charge in [0.1, 0.15) is 0 Å². The summed E-state index contributed by atoms with van der Waals surface area (Å²) in [5.41, 5.74) is 1.05. The molecule has 0 radical (unpaired) electrons. The molecule has 0 saturated heterocycles. The summed E-state index contributed by atoms with van der Waals surface area (Å²) in [7, 11) is 0. The third kappa shape index (κ3) is 6.28. The molecular weight excluding hydrogens is 363 g/mol. The second-order valence-electron chi connectivity index (χ2n) is 4.86. The van der Waals surface area contributed by atoms with E-state index in [-0.39, 0.29) is 18.3 Å². The molecule has 6 heteroatoms. The van der Waals surface area contributed by atoms with E-state index in [1.807, 2.05) is 30.3 Å². The molecule has 2 rings (SSSR count). The lowest BCUT2D eigenvalue weighted by Gasteiger charge is -2.09. The highest BCUT2D eigenvalue weighted by molar-refractivity contribution is 9.10. The fourth-order valence-electron chi connectivity index (χ4n) is 1.89. The Morgan fingerprint density at radius 2 is 1.91 bits per heavy atom. The molecule has 0 heterocycles. The van der Waals surface area contributed by atoms with Crippen LogP contribution in [0.2, 0.25) is 0 Å². The zero-order valence-electron chi connectivity index (χ0n) is 12.5. The zero-order chi connectivity index (χ0) is 16.5. The highest BCUT2D eigenvalue weighted by Gasteiger charge is 2.07. The number of hydrogen-bond acceptors (Lipinski definition) is 3. The van der Waals surface area contributed by atoms with Crippen molar-refractivity contribution < 1.29 is 13.9 Å². The number of para-hydroxylation sites is 1. The van der Waals surface area contributed by atoms with Crippen molar-refractivity contribution in [2.24, 2.45) is 0 Å². The van der Waals surface area contributed by atoms with Gasteiger partial charge in [-0.15, -0.1) is 0 Å². The molecule has 0 unspecified atom stereocenters. The first-order chi connectivity index (χ1) is 11.1. The number of anilines is 1. The maximum atomic E-state index is 13.5. The van der Waals surface area contributed by atoms with E-state index in [4.69, 9.17) is 4.74 Å². The smallest absolute Gasteiger partial charge is 0.257 e. The molecule has 4 nitrogen and oxygen atoms in total. The van der Waals surface area contributed by atoms with Crippen LogP contribution in [0.25, 0.3) is 0 Å². The lowest BCUT2D eigenvalue weighted by Crippen LogP contribution is -2.30. The van der Waals surface area contributed by atoms with E-state index in [0.717, 1.165) is 18.7 Å². The first-order valence-corrected chi connectivity index (χ1v) is 8.08. The van der Waals surface area contributed by atoms with Crippen molar-refractivity contribution in [3.05, 3.63) is 58.8 Å². The average Bonchev–Trinajstić information content (AvgIpc) is 2.54. The molecule has 0 aliphatic carbocycles. The molecule has 0 bridgehead atoms. The van der Waals surface area contributed by atoms with Gasteiger partial charge in [-0.1, -0.05) is 34.1 Å². The minimum absolute atomic E-state index is 0.0640. The van der Waals surface area contributed by atoms with Crippen LogP contribution in [-0.4, -0.2) is 25.6 Å². The van der Waals surface area contributed by atoms with Gasteiger partial charge in [-0.25, -0.2) is 4.39 Å². The van der Waals surface area contributed by atoms with Crippen molar-refractivity contribution in [3.63, 3.8) is 0 Å². The first-order valence-electron chi connectivity index (χ1n) is 7.28. The van der Waals surface area contributed by atoms with Crippen LogP contribution >= 0.6 is 15.9 Å². The van der Waals surface area contributed by atoms with Gasteiger partial charge in [0.15, 0.2) is 18.2 Å². The van der Waals surface area contributed by atoms with E-state index in [9.17, 15) is 9.18 Å². The summed E-state index contributed by atoms with van der Waals surface area (Å²) in [5, 5.41) is 5.99. The van der Waals surface area contributed by atoms with E-state index in [2.05, 4.69) is 26.6 Å². The highest BCUT2D eigenvalue weighted by Crippen LogP contribution is 2.21. The van der Waals surface area contributed by atoms with Gasteiger partial charge in [0.25, 0.3) is 5.91 Å². The monoisotopic (exact) mass is 380 g/mol. The molecule has 0 spiro atoms. The van der Waals surface area contributed by atoms with Gasteiger partial charge in [0.2, 0.25) is 0 Å². The summed E-state index contributed by atoms with van der Waals surface area (Å²) >= 11 is 3.16. The Labute approximate surface area is 143 Å². The average molecular weight is 381 g/mol. The first kappa shape index (κ1) is 17.3. The van der Waals surface area contributed by atoms with Crippen LogP contribution in [0, 0.1) is 5.82 Å². The topological polar surface area (TPSA) is 50.4 Å². The van der Waals surface area contributed by atoms with Crippen LogP contribution in [0.5, 0.6) is 5.75 Å². The number of halogens is 2. The summed E-state index contributed by atoms with van der Waals surface area (Å²) in [4.78, 5) is 11.6. The van der Waals surface area contributed by atoms with Crippen molar-refractivity contribution >= 4 is 27.5 Å². The molecule has 0 aromatic heterocycles. The molecule has 0 fully saturated rings. The van der Waals surface area contributed by atoms with Crippen molar-refractivity contribution in [1.29, 1.82) is 0 Å². The standard InChI is InChI=1S/C17H18BrFN2O2/c18-13-7-8-16(15(19)11-13)23-12-17(22)21-10-4-9-20-14-5-2-1-3-6-14/h1-3,5-8,11,20H,4,9-10,12H2,(H,21,22). The molecule has 2 aromatic rings. The Morgan fingerprint density at radius 3 is 2.65 bits per heavy atom. The lowest BCUT2D eigenvalue weighted by atomic mass is 10.3. The zero-order valence-corrected chi connectivity index (χ0v) is 14.1. The number of nitrogens with one attached hydrogen (secondary N) is 2. The Hall–Kier alpha value is -2.08. The van der Waals surface area contributed by atoms with Crippen LogP contribution in [0.1, 0.15) is 6.42 Å². The SMILES string of the molecule is O=C(COc1ccc(Br)cc1F)NCCCNc1ccccc1. The molecule has 23 heavy (non-hydrogen) atoms. The van der Waals surface area contributed by atoms with Crippen molar-refractivity contribution in [3.8, 4) is 5.75 Å². The van der Waals surface area contributed by atoms with Gasteiger partial charge in [-0.05, 0) is 36.8 Å². The van der Waals surface area contributed by atoms with Crippen LogP contribution in [0.4, 0.5) is 10.1 Å². The Bertz CT molecular complexity index is 638. The van der Waals surface area contributed by atoms with E-state index >= 15 is 0 Å². The number of carbonyl (C=O) groups excluding carboxylic acids is 1.